The van der Waals surface area contributed by atoms with Crippen LogP contribution in [0.5, 0.6) is 5.75 Å². The van der Waals surface area contributed by atoms with Crippen molar-refractivity contribution in [2.45, 2.75) is 32.6 Å². The second kappa shape index (κ2) is 5.41. The van der Waals surface area contributed by atoms with Crippen molar-refractivity contribution in [3.8, 4) is 5.75 Å². The molecule has 3 heteroatoms. The van der Waals surface area contributed by atoms with Gasteiger partial charge in [-0.05, 0) is 55.9 Å². The van der Waals surface area contributed by atoms with Gasteiger partial charge in [-0.25, -0.2) is 0 Å². The van der Waals surface area contributed by atoms with E-state index in [0.717, 1.165) is 37.5 Å². The van der Waals surface area contributed by atoms with Crippen molar-refractivity contribution in [3.63, 3.8) is 0 Å². The molecule has 0 saturated carbocycles. The van der Waals surface area contributed by atoms with Crippen LogP contribution in [0.3, 0.4) is 0 Å². The van der Waals surface area contributed by atoms with Crippen molar-refractivity contribution in [3.05, 3.63) is 23.3 Å². The van der Waals surface area contributed by atoms with Gasteiger partial charge in [-0.15, -0.1) is 0 Å². The molecule has 3 nitrogen and oxygen atoms in total. The van der Waals surface area contributed by atoms with E-state index in [1.807, 2.05) is 13.0 Å². The molecule has 0 atom stereocenters. The molecule has 0 bridgehead atoms. The second-order valence-corrected chi connectivity index (χ2v) is 4.57. The van der Waals surface area contributed by atoms with Gasteiger partial charge in [-0.2, -0.15) is 0 Å². The number of hydrogen-bond acceptors (Lipinski definition) is 3. The summed E-state index contributed by atoms with van der Waals surface area (Å²) in [4.78, 5) is 0. The third-order valence-corrected chi connectivity index (χ3v) is 3.36. The number of anilines is 1. The van der Waals surface area contributed by atoms with Crippen LogP contribution in [-0.4, -0.2) is 19.8 Å². The number of hydrogen-bond donors (Lipinski definition) is 1. The first-order valence-electron chi connectivity index (χ1n) is 6.33. The van der Waals surface area contributed by atoms with Gasteiger partial charge in [-0.1, -0.05) is 0 Å². The van der Waals surface area contributed by atoms with Gasteiger partial charge < -0.3 is 15.2 Å². The highest BCUT2D eigenvalue weighted by molar-refractivity contribution is 5.57. The molecule has 1 fully saturated rings. The van der Waals surface area contributed by atoms with E-state index in [9.17, 15) is 0 Å². The summed E-state index contributed by atoms with van der Waals surface area (Å²) in [5, 5.41) is 0. The predicted octanol–water partition coefficient (Wildman–Crippen LogP) is 2.87. The number of nitrogens with two attached hydrogens (primary N) is 1. The van der Waals surface area contributed by atoms with Crippen molar-refractivity contribution >= 4 is 5.69 Å². The van der Waals surface area contributed by atoms with E-state index in [-0.39, 0.29) is 0 Å². The molecule has 0 spiro atoms. The third kappa shape index (κ3) is 2.72. The van der Waals surface area contributed by atoms with Crippen molar-refractivity contribution in [1.29, 1.82) is 0 Å². The van der Waals surface area contributed by atoms with Gasteiger partial charge in [0, 0.05) is 13.2 Å². The Bertz CT molecular complexity index is 384. The summed E-state index contributed by atoms with van der Waals surface area (Å²) in [5.74, 6) is 1.41. The molecule has 1 saturated heterocycles. The van der Waals surface area contributed by atoms with Crippen LogP contribution in [0, 0.1) is 6.92 Å². The molecule has 0 radical (unpaired) electrons. The van der Waals surface area contributed by atoms with Gasteiger partial charge in [0.25, 0.3) is 0 Å². The lowest BCUT2D eigenvalue weighted by Crippen LogP contribution is -2.15. The number of aryl methyl sites for hydroxylation is 1. The summed E-state index contributed by atoms with van der Waals surface area (Å²) in [6.07, 6.45) is 2.19. The number of ether oxygens (including phenoxy) is 2. The number of rotatable bonds is 3. The Morgan fingerprint density at radius 2 is 2.06 bits per heavy atom. The quantitative estimate of drug-likeness (QED) is 0.819. The van der Waals surface area contributed by atoms with Gasteiger partial charge in [-0.3, -0.25) is 0 Å². The smallest absolute Gasteiger partial charge is 0.142 e. The van der Waals surface area contributed by atoms with E-state index in [1.54, 1.807) is 0 Å². The molecule has 0 unspecified atom stereocenters. The zero-order chi connectivity index (χ0) is 12.3. The fraction of sp³-hybridized carbons (Fsp3) is 0.571. The molecule has 1 aromatic rings. The Balaban J connectivity index is 2.28. The van der Waals surface area contributed by atoms with Gasteiger partial charge in [0.1, 0.15) is 5.75 Å². The van der Waals surface area contributed by atoms with E-state index in [2.05, 4.69) is 13.0 Å². The maximum atomic E-state index is 5.96. The zero-order valence-electron chi connectivity index (χ0n) is 10.7. The van der Waals surface area contributed by atoms with E-state index in [0.29, 0.717) is 12.5 Å². The Morgan fingerprint density at radius 3 is 2.71 bits per heavy atom. The van der Waals surface area contributed by atoms with Crippen molar-refractivity contribution in [2.75, 3.05) is 25.6 Å². The SMILES string of the molecule is CCOc1cc(C2CCOCC2)c(C)cc1N. The third-order valence-electron chi connectivity index (χ3n) is 3.36. The molecule has 94 valence electrons. The first-order valence-corrected chi connectivity index (χ1v) is 6.33. The average molecular weight is 235 g/mol. The maximum absolute atomic E-state index is 5.96. The molecule has 1 heterocycles. The summed E-state index contributed by atoms with van der Waals surface area (Å²) in [5.41, 5.74) is 9.32. The number of nitrogen functional groups attached to an aromatic ring is 1. The van der Waals surface area contributed by atoms with Crippen LogP contribution in [0.15, 0.2) is 12.1 Å². The van der Waals surface area contributed by atoms with Crippen molar-refractivity contribution < 1.29 is 9.47 Å². The summed E-state index contributed by atoms with van der Waals surface area (Å²) < 4.78 is 11.0. The Hall–Kier alpha value is -1.22. The molecular weight excluding hydrogens is 214 g/mol. The van der Waals surface area contributed by atoms with Crippen LogP contribution >= 0.6 is 0 Å². The van der Waals surface area contributed by atoms with Gasteiger partial charge in [0.05, 0.1) is 12.3 Å². The van der Waals surface area contributed by atoms with Crippen molar-refractivity contribution in [2.24, 2.45) is 0 Å². The summed E-state index contributed by atoms with van der Waals surface area (Å²) in [7, 11) is 0. The molecule has 2 N–H and O–H groups in total. The Kier molecular flexibility index (Phi) is 3.89. The monoisotopic (exact) mass is 235 g/mol. The van der Waals surface area contributed by atoms with E-state index >= 15 is 0 Å². The van der Waals surface area contributed by atoms with Crippen LogP contribution in [0.1, 0.15) is 36.8 Å². The Labute approximate surface area is 103 Å². The maximum Gasteiger partial charge on any atom is 0.142 e. The minimum atomic E-state index is 0.587. The normalized spacial score (nSPS) is 17.1. The first kappa shape index (κ1) is 12.2. The van der Waals surface area contributed by atoms with Crippen LogP contribution in [0.25, 0.3) is 0 Å². The first-order chi connectivity index (χ1) is 8.22. The Morgan fingerprint density at radius 1 is 1.35 bits per heavy atom. The minimum absolute atomic E-state index is 0.587. The van der Waals surface area contributed by atoms with Gasteiger partial charge in [0.15, 0.2) is 0 Å². The van der Waals surface area contributed by atoms with Crippen LogP contribution in [0.4, 0.5) is 5.69 Å². The fourth-order valence-electron chi connectivity index (χ4n) is 2.46. The fourth-order valence-corrected chi connectivity index (χ4v) is 2.46. The lowest BCUT2D eigenvalue weighted by Gasteiger charge is -2.25. The highest BCUT2D eigenvalue weighted by atomic mass is 16.5. The average Bonchev–Trinajstić information content (AvgIpc) is 2.34. The molecule has 17 heavy (non-hydrogen) atoms. The molecule has 1 aromatic carbocycles. The molecule has 1 aliphatic heterocycles. The standard InChI is InChI=1S/C14H21NO2/c1-3-17-14-9-12(10(2)8-13(14)15)11-4-6-16-7-5-11/h8-9,11H,3-7,15H2,1-2H3. The lowest BCUT2D eigenvalue weighted by molar-refractivity contribution is 0.0851. The number of benzene rings is 1. The molecule has 1 aliphatic rings. The topological polar surface area (TPSA) is 44.5 Å². The summed E-state index contributed by atoms with van der Waals surface area (Å²) in [6.45, 7) is 6.47. The van der Waals surface area contributed by atoms with Crippen molar-refractivity contribution in [1.82, 2.24) is 0 Å². The summed E-state index contributed by atoms with van der Waals surface area (Å²) >= 11 is 0. The highest BCUT2D eigenvalue weighted by Crippen LogP contribution is 2.34. The van der Waals surface area contributed by atoms with Gasteiger partial charge in [0.2, 0.25) is 0 Å². The molecule has 2 rings (SSSR count). The minimum Gasteiger partial charge on any atom is -0.492 e. The van der Waals surface area contributed by atoms with E-state index in [4.69, 9.17) is 15.2 Å². The van der Waals surface area contributed by atoms with E-state index in [1.165, 1.54) is 11.1 Å². The molecule has 0 aliphatic carbocycles. The second-order valence-electron chi connectivity index (χ2n) is 4.57. The highest BCUT2D eigenvalue weighted by Gasteiger charge is 2.19. The molecular formula is C14H21NO2. The largest absolute Gasteiger partial charge is 0.492 e. The van der Waals surface area contributed by atoms with Gasteiger partial charge >= 0.3 is 0 Å². The van der Waals surface area contributed by atoms with Crippen LogP contribution in [-0.2, 0) is 4.74 Å². The molecule has 0 aromatic heterocycles. The van der Waals surface area contributed by atoms with Crippen LogP contribution in [0.2, 0.25) is 0 Å². The zero-order valence-corrected chi connectivity index (χ0v) is 10.7. The lowest BCUT2D eigenvalue weighted by atomic mass is 9.88. The molecule has 0 amide bonds. The summed E-state index contributed by atoms with van der Waals surface area (Å²) in [6, 6.07) is 4.14. The predicted molar refractivity (Wildman–Crippen MR) is 69.6 cm³/mol. The van der Waals surface area contributed by atoms with E-state index < -0.39 is 0 Å². The van der Waals surface area contributed by atoms with Crippen LogP contribution < -0.4 is 10.5 Å².